The van der Waals surface area contributed by atoms with E-state index in [2.05, 4.69) is 21.2 Å². The number of halogens is 2. The average molecular weight is 333 g/mol. The van der Waals surface area contributed by atoms with Gasteiger partial charge in [-0.2, -0.15) is 0 Å². The topological polar surface area (TPSA) is 92.4 Å². The molecule has 0 bridgehead atoms. The molecule has 5 nitrogen and oxygen atoms in total. The van der Waals surface area contributed by atoms with E-state index in [1.807, 2.05) is 0 Å². The second-order valence-electron chi connectivity index (χ2n) is 3.99. The van der Waals surface area contributed by atoms with E-state index in [-0.39, 0.29) is 19.4 Å². The molecule has 19 heavy (non-hydrogen) atoms. The molecule has 0 aliphatic rings. The Morgan fingerprint density at radius 1 is 1.47 bits per heavy atom. The normalized spacial score (nSPS) is 11.9. The molecule has 0 aromatic heterocycles. The highest BCUT2D eigenvalue weighted by atomic mass is 79.9. The predicted octanol–water partition coefficient (Wildman–Crippen LogP) is 1.40. The first-order chi connectivity index (χ1) is 8.90. The van der Waals surface area contributed by atoms with Crippen LogP contribution >= 0.6 is 15.9 Å². The maximum atomic E-state index is 13.0. The maximum Gasteiger partial charge on any atom is 0.303 e. The molecule has 1 unspecified atom stereocenters. The van der Waals surface area contributed by atoms with Crippen molar-refractivity contribution in [3.63, 3.8) is 0 Å². The molecule has 0 saturated carbocycles. The molecule has 0 heterocycles. The average Bonchev–Trinajstić information content (AvgIpc) is 2.36. The third-order valence-electron chi connectivity index (χ3n) is 2.47. The van der Waals surface area contributed by atoms with Crippen molar-refractivity contribution in [3.8, 4) is 0 Å². The first-order valence-electron chi connectivity index (χ1n) is 5.59. The Hall–Kier alpha value is -1.47. The molecule has 0 spiro atoms. The van der Waals surface area contributed by atoms with Crippen molar-refractivity contribution in [1.82, 2.24) is 5.32 Å². The molecule has 1 aromatic rings. The van der Waals surface area contributed by atoms with Gasteiger partial charge in [0.2, 0.25) is 5.91 Å². The summed E-state index contributed by atoms with van der Waals surface area (Å²) in [5.74, 6) is -1.86. The van der Waals surface area contributed by atoms with Crippen LogP contribution in [0, 0.1) is 5.82 Å². The Bertz CT molecular complexity index is 482. The summed E-state index contributed by atoms with van der Waals surface area (Å²) in [6.07, 6.45) is -0.107. The first-order valence-corrected chi connectivity index (χ1v) is 6.38. The van der Waals surface area contributed by atoms with Crippen LogP contribution < -0.4 is 11.1 Å². The molecule has 1 rings (SSSR count). The standard InChI is InChI=1S/C12H14BrFN2O3/c13-9-2-1-8(14)5-7(9)6-16-12(19)10(15)3-4-11(17)18/h1-2,5,10H,3-4,6,15H2,(H,16,19)(H,17,18). The zero-order valence-electron chi connectivity index (χ0n) is 10.0. The van der Waals surface area contributed by atoms with E-state index in [0.717, 1.165) is 0 Å². The Labute approximate surface area is 118 Å². The minimum Gasteiger partial charge on any atom is -0.481 e. The Morgan fingerprint density at radius 2 is 2.16 bits per heavy atom. The Kier molecular flexibility index (Phi) is 5.91. The number of carbonyl (C=O) groups is 2. The Morgan fingerprint density at radius 3 is 2.79 bits per heavy atom. The first kappa shape index (κ1) is 15.6. The third kappa shape index (κ3) is 5.35. The van der Waals surface area contributed by atoms with Crippen LogP contribution in [0.25, 0.3) is 0 Å². The van der Waals surface area contributed by atoms with Gasteiger partial charge in [0.05, 0.1) is 6.04 Å². The summed E-state index contributed by atoms with van der Waals surface area (Å²) < 4.78 is 13.7. The second-order valence-corrected chi connectivity index (χ2v) is 4.85. The van der Waals surface area contributed by atoms with Crippen LogP contribution in [-0.2, 0) is 16.1 Å². The van der Waals surface area contributed by atoms with Gasteiger partial charge < -0.3 is 16.2 Å². The van der Waals surface area contributed by atoms with E-state index < -0.39 is 23.7 Å². The van der Waals surface area contributed by atoms with Gasteiger partial charge in [-0.25, -0.2) is 4.39 Å². The van der Waals surface area contributed by atoms with Gasteiger partial charge in [0.15, 0.2) is 0 Å². The van der Waals surface area contributed by atoms with Crippen LogP contribution in [0.2, 0.25) is 0 Å². The van der Waals surface area contributed by atoms with E-state index in [4.69, 9.17) is 10.8 Å². The van der Waals surface area contributed by atoms with Crippen molar-refractivity contribution in [1.29, 1.82) is 0 Å². The molecule has 104 valence electrons. The summed E-state index contributed by atoms with van der Waals surface area (Å²) in [6, 6.07) is 3.26. The minimum atomic E-state index is -1.00. The molecule has 0 aliphatic heterocycles. The molecule has 1 amide bonds. The summed E-state index contributed by atoms with van der Waals surface area (Å²) in [7, 11) is 0. The van der Waals surface area contributed by atoms with Gasteiger partial charge in [0.1, 0.15) is 5.82 Å². The van der Waals surface area contributed by atoms with Gasteiger partial charge in [-0.15, -0.1) is 0 Å². The van der Waals surface area contributed by atoms with Gasteiger partial charge in [-0.1, -0.05) is 15.9 Å². The van der Waals surface area contributed by atoms with Crippen LogP contribution in [0.15, 0.2) is 22.7 Å². The molecular weight excluding hydrogens is 319 g/mol. The van der Waals surface area contributed by atoms with Crippen molar-refractivity contribution in [2.45, 2.75) is 25.4 Å². The van der Waals surface area contributed by atoms with Gasteiger partial charge in [0.25, 0.3) is 0 Å². The fourth-order valence-electron chi connectivity index (χ4n) is 1.40. The summed E-state index contributed by atoms with van der Waals surface area (Å²) in [4.78, 5) is 21.9. The molecule has 1 atom stereocenters. The fourth-order valence-corrected chi connectivity index (χ4v) is 1.79. The number of carbonyl (C=O) groups excluding carboxylic acids is 1. The lowest BCUT2D eigenvalue weighted by Crippen LogP contribution is -2.40. The highest BCUT2D eigenvalue weighted by Crippen LogP contribution is 2.17. The highest BCUT2D eigenvalue weighted by molar-refractivity contribution is 9.10. The van der Waals surface area contributed by atoms with E-state index in [0.29, 0.717) is 10.0 Å². The summed E-state index contributed by atoms with van der Waals surface area (Å²) in [5, 5.41) is 11.0. The maximum absolute atomic E-state index is 13.0. The quantitative estimate of drug-likeness (QED) is 0.734. The number of rotatable bonds is 6. The zero-order valence-corrected chi connectivity index (χ0v) is 11.6. The van der Waals surface area contributed by atoms with Gasteiger partial charge in [-0.3, -0.25) is 9.59 Å². The van der Waals surface area contributed by atoms with Crippen LogP contribution in [0.3, 0.4) is 0 Å². The second kappa shape index (κ2) is 7.20. The molecule has 7 heteroatoms. The third-order valence-corrected chi connectivity index (χ3v) is 3.24. The fraction of sp³-hybridized carbons (Fsp3) is 0.333. The highest BCUT2D eigenvalue weighted by Gasteiger charge is 2.15. The largest absolute Gasteiger partial charge is 0.481 e. The van der Waals surface area contributed by atoms with Gasteiger partial charge in [-0.05, 0) is 30.2 Å². The smallest absolute Gasteiger partial charge is 0.303 e. The SMILES string of the molecule is NC(CCC(=O)O)C(=O)NCc1cc(F)ccc1Br. The number of benzene rings is 1. The monoisotopic (exact) mass is 332 g/mol. The van der Waals surface area contributed by atoms with Gasteiger partial charge >= 0.3 is 5.97 Å². The van der Waals surface area contributed by atoms with E-state index in [9.17, 15) is 14.0 Å². The molecule has 1 aromatic carbocycles. The minimum absolute atomic E-state index is 0.0610. The van der Waals surface area contributed by atoms with Crippen molar-refractivity contribution in [2.75, 3.05) is 0 Å². The molecule has 0 radical (unpaired) electrons. The van der Waals surface area contributed by atoms with E-state index in [1.54, 1.807) is 6.07 Å². The zero-order chi connectivity index (χ0) is 14.4. The van der Waals surface area contributed by atoms with Crippen molar-refractivity contribution in [3.05, 3.63) is 34.1 Å². The molecule has 0 aliphatic carbocycles. The van der Waals surface area contributed by atoms with E-state index in [1.165, 1.54) is 12.1 Å². The number of hydrogen-bond donors (Lipinski definition) is 3. The number of hydrogen-bond acceptors (Lipinski definition) is 3. The number of nitrogens with one attached hydrogen (secondary N) is 1. The number of aliphatic carboxylic acids is 1. The molecule has 0 saturated heterocycles. The lowest BCUT2D eigenvalue weighted by Gasteiger charge is -2.12. The summed E-state index contributed by atoms with van der Waals surface area (Å²) in [5.41, 5.74) is 6.12. The number of carboxylic acids is 1. The number of nitrogens with two attached hydrogens (primary N) is 1. The van der Waals surface area contributed by atoms with Crippen LogP contribution in [-0.4, -0.2) is 23.0 Å². The molecular formula is C12H14BrFN2O3. The van der Waals surface area contributed by atoms with E-state index >= 15 is 0 Å². The van der Waals surface area contributed by atoms with Crippen LogP contribution in [0.1, 0.15) is 18.4 Å². The van der Waals surface area contributed by atoms with Crippen molar-refractivity contribution >= 4 is 27.8 Å². The Balaban J connectivity index is 2.49. The molecule has 0 fully saturated rings. The number of carboxylic acid groups (broad SMARTS) is 1. The van der Waals surface area contributed by atoms with Crippen molar-refractivity contribution in [2.24, 2.45) is 5.73 Å². The number of amides is 1. The van der Waals surface area contributed by atoms with Crippen molar-refractivity contribution < 1.29 is 19.1 Å². The summed E-state index contributed by atoms with van der Waals surface area (Å²) in [6.45, 7) is 0.123. The lowest BCUT2D eigenvalue weighted by atomic mass is 10.1. The van der Waals surface area contributed by atoms with Crippen LogP contribution in [0.5, 0.6) is 0 Å². The van der Waals surface area contributed by atoms with Gasteiger partial charge in [0, 0.05) is 17.4 Å². The summed E-state index contributed by atoms with van der Waals surface area (Å²) >= 11 is 3.24. The predicted molar refractivity (Wildman–Crippen MR) is 70.8 cm³/mol. The molecule has 4 N–H and O–H groups in total. The lowest BCUT2D eigenvalue weighted by molar-refractivity contribution is -0.137. The van der Waals surface area contributed by atoms with Crippen LogP contribution in [0.4, 0.5) is 4.39 Å².